The first-order chi connectivity index (χ1) is 12.2. The van der Waals surface area contributed by atoms with Gasteiger partial charge in [-0.25, -0.2) is 8.42 Å². The molecule has 3 rings (SSSR count). The van der Waals surface area contributed by atoms with Crippen molar-refractivity contribution in [2.45, 2.75) is 25.2 Å². The zero-order chi connectivity index (χ0) is 19.1. The molecule has 1 amide bonds. The molecule has 0 radical (unpaired) electrons. The van der Waals surface area contributed by atoms with Crippen molar-refractivity contribution in [3.8, 4) is 0 Å². The van der Waals surface area contributed by atoms with E-state index in [9.17, 15) is 23.3 Å². The number of hydrogen-bond acceptors (Lipinski definition) is 5. The Balaban J connectivity index is 1.94. The summed E-state index contributed by atoms with van der Waals surface area (Å²) in [5, 5.41) is 11.0. The van der Waals surface area contributed by atoms with Crippen LogP contribution in [0, 0.1) is 17.0 Å². The Hall–Kier alpha value is -2.94. The molecule has 0 bridgehead atoms. The van der Waals surface area contributed by atoms with Gasteiger partial charge in [-0.05, 0) is 43.2 Å². The van der Waals surface area contributed by atoms with E-state index in [4.69, 9.17) is 0 Å². The van der Waals surface area contributed by atoms with Crippen molar-refractivity contribution in [3.63, 3.8) is 0 Å². The van der Waals surface area contributed by atoms with E-state index < -0.39 is 14.9 Å². The van der Waals surface area contributed by atoms with Crippen molar-refractivity contribution in [2.75, 3.05) is 16.2 Å². The maximum Gasteiger partial charge on any atom is 0.274 e. The summed E-state index contributed by atoms with van der Waals surface area (Å²) in [6.45, 7) is 3.47. The van der Waals surface area contributed by atoms with Crippen LogP contribution in [-0.2, 0) is 21.2 Å². The third kappa shape index (κ3) is 3.13. The highest BCUT2D eigenvalue weighted by Gasteiger charge is 2.25. The van der Waals surface area contributed by atoms with E-state index in [2.05, 4.69) is 4.72 Å². The van der Waals surface area contributed by atoms with E-state index in [0.717, 1.165) is 5.56 Å². The monoisotopic (exact) mass is 375 g/mol. The highest BCUT2D eigenvalue weighted by Crippen LogP contribution is 2.32. The van der Waals surface area contributed by atoms with Crippen molar-refractivity contribution in [1.29, 1.82) is 0 Å². The Labute approximate surface area is 150 Å². The molecular formula is C17H17N3O5S. The number of nitrogens with one attached hydrogen (secondary N) is 1. The van der Waals surface area contributed by atoms with Crippen molar-refractivity contribution in [3.05, 3.63) is 57.6 Å². The number of nitro groups is 1. The normalized spacial score (nSPS) is 13.4. The van der Waals surface area contributed by atoms with Crippen molar-refractivity contribution < 1.29 is 18.1 Å². The van der Waals surface area contributed by atoms with Crippen molar-refractivity contribution in [2.24, 2.45) is 0 Å². The topological polar surface area (TPSA) is 110 Å². The molecule has 0 atom stereocenters. The van der Waals surface area contributed by atoms with Crippen LogP contribution in [0.4, 0.5) is 17.1 Å². The fraction of sp³-hybridized carbons (Fsp3) is 0.235. The maximum atomic E-state index is 12.7. The minimum Gasteiger partial charge on any atom is -0.312 e. The molecule has 1 heterocycles. The van der Waals surface area contributed by atoms with Crippen LogP contribution >= 0.6 is 0 Å². The van der Waals surface area contributed by atoms with E-state index in [0.29, 0.717) is 18.7 Å². The average Bonchev–Trinajstić information content (AvgIpc) is 2.99. The van der Waals surface area contributed by atoms with Gasteiger partial charge >= 0.3 is 0 Å². The van der Waals surface area contributed by atoms with Gasteiger partial charge in [0.1, 0.15) is 0 Å². The number of carbonyl (C=O) groups is 1. The van der Waals surface area contributed by atoms with Crippen LogP contribution < -0.4 is 9.62 Å². The summed E-state index contributed by atoms with van der Waals surface area (Å²) in [5.41, 5.74) is 1.73. The van der Waals surface area contributed by atoms with E-state index in [-0.39, 0.29) is 27.7 Å². The number of hydrogen-bond donors (Lipinski definition) is 1. The van der Waals surface area contributed by atoms with Crippen molar-refractivity contribution >= 4 is 33.0 Å². The molecule has 0 unspecified atom stereocenters. The molecule has 1 aliphatic heterocycles. The molecule has 0 aliphatic carbocycles. The molecule has 0 fully saturated rings. The summed E-state index contributed by atoms with van der Waals surface area (Å²) < 4.78 is 27.8. The lowest BCUT2D eigenvalue weighted by Crippen LogP contribution is -2.25. The highest BCUT2D eigenvalue weighted by molar-refractivity contribution is 7.92. The van der Waals surface area contributed by atoms with Crippen LogP contribution in [0.3, 0.4) is 0 Å². The van der Waals surface area contributed by atoms with Crippen LogP contribution in [0.25, 0.3) is 0 Å². The van der Waals surface area contributed by atoms with Crippen LogP contribution in [0.2, 0.25) is 0 Å². The predicted molar refractivity (Wildman–Crippen MR) is 96.8 cm³/mol. The lowest BCUT2D eigenvalue weighted by molar-refractivity contribution is -0.385. The SMILES string of the molecule is CC(=O)N1CCc2cc(S(=O)(=O)Nc3cccc([N+](=O)[O-])c3C)ccc21. The molecule has 0 saturated heterocycles. The van der Waals surface area contributed by atoms with Gasteiger partial charge in [0.05, 0.1) is 21.1 Å². The van der Waals surface area contributed by atoms with Gasteiger partial charge in [-0.15, -0.1) is 0 Å². The smallest absolute Gasteiger partial charge is 0.274 e. The first-order valence-corrected chi connectivity index (χ1v) is 9.37. The first kappa shape index (κ1) is 17.9. The molecule has 0 aromatic heterocycles. The van der Waals surface area contributed by atoms with Gasteiger partial charge in [-0.3, -0.25) is 19.6 Å². The summed E-state index contributed by atoms with van der Waals surface area (Å²) in [4.78, 5) is 23.7. The molecule has 8 nitrogen and oxygen atoms in total. The molecule has 9 heteroatoms. The third-order valence-electron chi connectivity index (χ3n) is 4.38. The number of nitrogens with zero attached hydrogens (tertiary/aromatic N) is 2. The fourth-order valence-electron chi connectivity index (χ4n) is 3.01. The Kier molecular flexibility index (Phi) is 4.41. The van der Waals surface area contributed by atoms with Gasteiger partial charge in [-0.1, -0.05) is 6.07 Å². The Morgan fingerprint density at radius 3 is 2.65 bits per heavy atom. The molecule has 26 heavy (non-hydrogen) atoms. The number of benzene rings is 2. The largest absolute Gasteiger partial charge is 0.312 e. The molecular weight excluding hydrogens is 358 g/mol. The standard InChI is InChI=1S/C17H17N3O5S/c1-11-15(4-3-5-16(11)20(22)23)18-26(24,25)14-6-7-17-13(10-14)8-9-19(17)12(2)21/h3-7,10,18H,8-9H2,1-2H3. The quantitative estimate of drug-likeness (QED) is 0.652. The number of sulfonamides is 1. The first-order valence-electron chi connectivity index (χ1n) is 7.88. The number of nitro benzene ring substituents is 1. The summed E-state index contributed by atoms with van der Waals surface area (Å²) in [5.74, 6) is -0.0929. The van der Waals surface area contributed by atoms with Gasteiger partial charge in [-0.2, -0.15) is 0 Å². The van der Waals surface area contributed by atoms with Crippen LogP contribution in [-0.4, -0.2) is 25.8 Å². The van der Waals surface area contributed by atoms with Crippen LogP contribution in [0.1, 0.15) is 18.1 Å². The van der Waals surface area contributed by atoms with E-state index in [1.54, 1.807) is 11.0 Å². The lowest BCUT2D eigenvalue weighted by Gasteiger charge is -2.15. The molecule has 136 valence electrons. The molecule has 2 aromatic carbocycles. The second kappa shape index (κ2) is 6.41. The summed E-state index contributed by atoms with van der Waals surface area (Å²) >= 11 is 0. The summed E-state index contributed by atoms with van der Waals surface area (Å²) in [6, 6.07) is 8.79. The van der Waals surface area contributed by atoms with Gasteiger partial charge in [0.15, 0.2) is 0 Å². The van der Waals surface area contributed by atoms with Gasteiger partial charge in [0, 0.05) is 25.2 Å². The number of fused-ring (bicyclic) bond motifs is 1. The number of amides is 1. The zero-order valence-corrected chi connectivity index (χ0v) is 15.0. The summed E-state index contributed by atoms with van der Waals surface area (Å²) in [7, 11) is -3.91. The molecule has 0 saturated carbocycles. The third-order valence-corrected chi connectivity index (χ3v) is 5.75. The predicted octanol–water partition coefficient (Wildman–Crippen LogP) is 2.61. The van der Waals surface area contributed by atoms with E-state index >= 15 is 0 Å². The molecule has 0 spiro atoms. The zero-order valence-electron chi connectivity index (χ0n) is 14.2. The van der Waals surface area contributed by atoms with Gasteiger partial charge < -0.3 is 4.90 Å². The average molecular weight is 375 g/mol. The highest BCUT2D eigenvalue weighted by atomic mass is 32.2. The number of anilines is 2. The molecule has 2 aromatic rings. The second-order valence-electron chi connectivity index (χ2n) is 6.02. The van der Waals surface area contributed by atoms with Crippen LogP contribution in [0.5, 0.6) is 0 Å². The lowest BCUT2D eigenvalue weighted by atomic mass is 10.2. The number of rotatable bonds is 4. The number of carbonyl (C=O) groups excluding carboxylic acids is 1. The minimum atomic E-state index is -3.91. The maximum absolute atomic E-state index is 12.7. The summed E-state index contributed by atoms with van der Waals surface area (Å²) in [6.07, 6.45) is 0.577. The Morgan fingerprint density at radius 1 is 1.27 bits per heavy atom. The minimum absolute atomic E-state index is 0.0487. The van der Waals surface area contributed by atoms with Crippen LogP contribution in [0.15, 0.2) is 41.3 Å². The van der Waals surface area contributed by atoms with Crippen molar-refractivity contribution in [1.82, 2.24) is 0 Å². The molecule has 1 aliphatic rings. The Morgan fingerprint density at radius 2 is 2.00 bits per heavy atom. The van der Waals surface area contributed by atoms with Gasteiger partial charge in [0.25, 0.3) is 15.7 Å². The van der Waals surface area contributed by atoms with Gasteiger partial charge in [0.2, 0.25) is 5.91 Å². The fourth-order valence-corrected chi connectivity index (χ4v) is 4.18. The van der Waals surface area contributed by atoms with E-state index in [1.165, 1.54) is 44.2 Å². The molecule has 1 N–H and O–H groups in total. The van der Waals surface area contributed by atoms with E-state index in [1.807, 2.05) is 0 Å². The second-order valence-corrected chi connectivity index (χ2v) is 7.71. The Bertz CT molecular complexity index is 1020.